The Hall–Kier alpha value is -0.160. The molecule has 2 aliphatic rings. The molecule has 13 heavy (non-hydrogen) atoms. The van der Waals surface area contributed by atoms with Gasteiger partial charge in [0, 0.05) is 6.61 Å². The van der Waals surface area contributed by atoms with Crippen molar-refractivity contribution in [2.45, 2.75) is 44.4 Å². The van der Waals surface area contributed by atoms with Crippen LogP contribution in [0, 0.1) is 0 Å². The summed E-state index contributed by atoms with van der Waals surface area (Å²) in [4.78, 5) is 0. The van der Waals surface area contributed by atoms with Gasteiger partial charge < -0.3 is 19.3 Å². The van der Waals surface area contributed by atoms with Gasteiger partial charge in [-0.25, -0.2) is 0 Å². The Bertz CT molecular complexity index is 192. The minimum Gasteiger partial charge on any atom is -0.390 e. The third-order valence-electron chi connectivity index (χ3n) is 2.50. The van der Waals surface area contributed by atoms with Gasteiger partial charge in [-0.1, -0.05) is 0 Å². The van der Waals surface area contributed by atoms with E-state index in [-0.39, 0.29) is 12.2 Å². The number of rotatable bonds is 1. The van der Waals surface area contributed by atoms with Crippen LogP contribution < -0.4 is 0 Å². The molecule has 0 aromatic rings. The van der Waals surface area contributed by atoms with Crippen molar-refractivity contribution in [3.63, 3.8) is 0 Å². The maximum atomic E-state index is 9.56. The van der Waals surface area contributed by atoms with Crippen molar-refractivity contribution >= 4 is 0 Å². The van der Waals surface area contributed by atoms with Gasteiger partial charge >= 0.3 is 0 Å². The van der Waals surface area contributed by atoms with Crippen LogP contribution in [-0.4, -0.2) is 42.4 Å². The molecule has 0 spiro atoms. The predicted molar refractivity (Wildman–Crippen MR) is 45.3 cm³/mol. The molecule has 0 amide bonds. The molecule has 0 radical (unpaired) electrons. The molecule has 2 saturated heterocycles. The second kappa shape index (κ2) is 3.20. The molecule has 2 rings (SSSR count). The van der Waals surface area contributed by atoms with Crippen LogP contribution in [0.4, 0.5) is 0 Å². The van der Waals surface area contributed by atoms with Crippen molar-refractivity contribution < 1.29 is 19.3 Å². The van der Waals surface area contributed by atoms with E-state index >= 15 is 0 Å². The van der Waals surface area contributed by atoms with E-state index in [1.165, 1.54) is 0 Å². The Morgan fingerprint density at radius 2 is 2.15 bits per heavy atom. The Morgan fingerprint density at radius 3 is 2.62 bits per heavy atom. The lowest BCUT2D eigenvalue weighted by Crippen LogP contribution is -2.37. The molecular formula is C9H16O4. The number of aliphatic hydroxyl groups is 1. The van der Waals surface area contributed by atoms with Crippen LogP contribution in [0.25, 0.3) is 0 Å². The van der Waals surface area contributed by atoms with Crippen molar-refractivity contribution in [2.24, 2.45) is 0 Å². The molecule has 1 unspecified atom stereocenters. The fourth-order valence-corrected chi connectivity index (χ4v) is 1.83. The van der Waals surface area contributed by atoms with E-state index in [1.807, 2.05) is 13.8 Å². The Kier molecular flexibility index (Phi) is 2.32. The second-order valence-corrected chi connectivity index (χ2v) is 4.06. The summed E-state index contributed by atoms with van der Waals surface area (Å²) < 4.78 is 16.4. The first-order valence-electron chi connectivity index (χ1n) is 4.70. The second-order valence-electron chi connectivity index (χ2n) is 4.06. The van der Waals surface area contributed by atoms with Gasteiger partial charge in [0.25, 0.3) is 0 Å². The molecule has 2 aliphatic heterocycles. The highest BCUT2D eigenvalue weighted by Gasteiger charge is 2.42. The Balaban J connectivity index is 1.95. The zero-order chi connectivity index (χ0) is 9.47. The maximum Gasteiger partial charge on any atom is 0.163 e. The lowest BCUT2D eigenvalue weighted by Gasteiger charge is -2.22. The summed E-state index contributed by atoms with van der Waals surface area (Å²) in [6.45, 7) is 4.86. The lowest BCUT2D eigenvalue weighted by molar-refractivity contribution is -0.157. The molecule has 2 fully saturated rings. The summed E-state index contributed by atoms with van der Waals surface area (Å²) in [7, 11) is 0. The number of hydrogen-bond donors (Lipinski definition) is 1. The van der Waals surface area contributed by atoms with E-state index < -0.39 is 11.9 Å². The molecule has 1 N–H and O–H groups in total. The highest BCUT2D eigenvalue weighted by atomic mass is 16.7. The summed E-state index contributed by atoms with van der Waals surface area (Å²) in [6.07, 6.45) is -0.0258. The molecule has 0 aliphatic carbocycles. The van der Waals surface area contributed by atoms with E-state index in [4.69, 9.17) is 14.2 Å². The average molecular weight is 188 g/mol. The van der Waals surface area contributed by atoms with Gasteiger partial charge in [0.15, 0.2) is 5.79 Å². The normalized spacial score (nSPS) is 44.1. The predicted octanol–water partition coefficient (Wildman–Crippen LogP) is 0.288. The number of hydrogen-bond acceptors (Lipinski definition) is 4. The maximum absolute atomic E-state index is 9.56. The monoisotopic (exact) mass is 188 g/mol. The van der Waals surface area contributed by atoms with Gasteiger partial charge in [0.1, 0.15) is 12.2 Å². The molecule has 0 saturated carbocycles. The van der Waals surface area contributed by atoms with Gasteiger partial charge in [-0.05, 0) is 20.3 Å². The first-order chi connectivity index (χ1) is 6.08. The fraction of sp³-hybridized carbons (Fsp3) is 1.00. The van der Waals surface area contributed by atoms with E-state index in [9.17, 15) is 5.11 Å². The lowest BCUT2D eigenvalue weighted by atomic mass is 10.1. The Labute approximate surface area is 77.8 Å². The van der Waals surface area contributed by atoms with Gasteiger partial charge in [0.2, 0.25) is 0 Å². The van der Waals surface area contributed by atoms with Crippen LogP contribution in [0.5, 0.6) is 0 Å². The Morgan fingerprint density at radius 1 is 1.38 bits per heavy atom. The van der Waals surface area contributed by atoms with Crippen molar-refractivity contribution in [1.82, 2.24) is 0 Å². The minimum atomic E-state index is -0.531. The largest absolute Gasteiger partial charge is 0.390 e. The van der Waals surface area contributed by atoms with Crippen LogP contribution in [0.2, 0.25) is 0 Å². The van der Waals surface area contributed by atoms with Crippen molar-refractivity contribution in [1.29, 1.82) is 0 Å². The summed E-state index contributed by atoms with van der Waals surface area (Å²) in [5.74, 6) is -0.531. The minimum absolute atomic E-state index is 0.118. The van der Waals surface area contributed by atoms with E-state index in [0.29, 0.717) is 19.6 Å². The van der Waals surface area contributed by atoms with Gasteiger partial charge in [-0.3, -0.25) is 0 Å². The van der Waals surface area contributed by atoms with Crippen molar-refractivity contribution in [3.8, 4) is 0 Å². The van der Waals surface area contributed by atoms with Crippen LogP contribution in [0.3, 0.4) is 0 Å². The van der Waals surface area contributed by atoms with Crippen LogP contribution in [-0.2, 0) is 14.2 Å². The number of ether oxygens (including phenoxy) is 3. The zero-order valence-electron chi connectivity index (χ0n) is 8.03. The molecule has 76 valence electrons. The van der Waals surface area contributed by atoms with Crippen molar-refractivity contribution in [2.75, 3.05) is 13.2 Å². The topological polar surface area (TPSA) is 47.9 Å². The molecular weight excluding hydrogens is 172 g/mol. The van der Waals surface area contributed by atoms with E-state index in [0.717, 1.165) is 0 Å². The molecule has 0 aromatic carbocycles. The van der Waals surface area contributed by atoms with Crippen LogP contribution >= 0.6 is 0 Å². The quantitative estimate of drug-likeness (QED) is 0.642. The summed E-state index contributed by atoms with van der Waals surface area (Å²) in [5, 5.41) is 9.56. The van der Waals surface area contributed by atoms with Gasteiger partial charge in [0.05, 0.1) is 12.7 Å². The fourth-order valence-electron chi connectivity index (χ4n) is 1.83. The smallest absolute Gasteiger partial charge is 0.163 e. The SMILES string of the molecule is CC1(C)OCC([C@H]2OCC[C@H]2O)O1. The number of aliphatic hydroxyl groups excluding tert-OH is 1. The van der Waals surface area contributed by atoms with Crippen LogP contribution in [0.1, 0.15) is 20.3 Å². The summed E-state index contributed by atoms with van der Waals surface area (Å²) >= 11 is 0. The first-order valence-corrected chi connectivity index (χ1v) is 4.70. The molecule has 3 atom stereocenters. The highest BCUT2D eigenvalue weighted by molar-refractivity contribution is 4.86. The zero-order valence-corrected chi connectivity index (χ0v) is 8.03. The van der Waals surface area contributed by atoms with E-state index in [2.05, 4.69) is 0 Å². The molecule has 4 heteroatoms. The molecule has 0 bridgehead atoms. The molecule has 0 aromatic heterocycles. The van der Waals surface area contributed by atoms with Gasteiger partial charge in [-0.2, -0.15) is 0 Å². The first kappa shape index (κ1) is 9.40. The summed E-state index contributed by atoms with van der Waals surface area (Å²) in [6, 6.07) is 0. The highest BCUT2D eigenvalue weighted by Crippen LogP contribution is 2.29. The standard InChI is InChI=1S/C9H16O4/c1-9(2)12-5-7(13-9)8-6(10)3-4-11-8/h6-8,10H,3-5H2,1-2H3/t6-,7?,8+/m1/s1. The van der Waals surface area contributed by atoms with Crippen molar-refractivity contribution in [3.05, 3.63) is 0 Å². The van der Waals surface area contributed by atoms with Gasteiger partial charge in [-0.15, -0.1) is 0 Å². The van der Waals surface area contributed by atoms with Crippen LogP contribution in [0.15, 0.2) is 0 Å². The molecule has 4 nitrogen and oxygen atoms in total. The third-order valence-corrected chi connectivity index (χ3v) is 2.50. The average Bonchev–Trinajstić information content (AvgIpc) is 2.56. The van der Waals surface area contributed by atoms with E-state index in [1.54, 1.807) is 0 Å². The summed E-state index contributed by atoms with van der Waals surface area (Å²) in [5.41, 5.74) is 0. The molecule has 2 heterocycles. The third kappa shape index (κ3) is 1.86.